The lowest BCUT2D eigenvalue weighted by Gasteiger charge is -2.11. The first-order chi connectivity index (χ1) is 10.9. The van der Waals surface area contributed by atoms with Gasteiger partial charge in [-0.15, -0.1) is 11.3 Å². The van der Waals surface area contributed by atoms with Crippen molar-refractivity contribution >= 4 is 27.5 Å². The van der Waals surface area contributed by atoms with Crippen LogP contribution >= 0.6 is 11.3 Å². The third-order valence-corrected chi connectivity index (χ3v) is 5.40. The Labute approximate surface area is 138 Å². The number of fused-ring (bicyclic) bond motifs is 1. The number of ether oxygens (including phenoxy) is 1. The molecule has 122 valence electrons. The molecule has 0 radical (unpaired) electrons. The number of thiophene rings is 1. The number of esters is 1. The zero-order valence-electron chi connectivity index (χ0n) is 13.7. The zero-order valence-corrected chi connectivity index (χ0v) is 14.5. The maximum atomic E-state index is 12.3. The fourth-order valence-corrected chi connectivity index (χ4v) is 3.61. The van der Waals surface area contributed by atoms with E-state index < -0.39 is 6.10 Å². The molecule has 0 amide bonds. The summed E-state index contributed by atoms with van der Waals surface area (Å²) in [5, 5.41) is 0.624. The fourth-order valence-electron chi connectivity index (χ4n) is 2.57. The first kappa shape index (κ1) is 15.9. The lowest BCUT2D eigenvalue weighted by Crippen LogP contribution is -2.16. The average Bonchev–Trinajstić information content (AvgIpc) is 3.26. The smallest absolute Gasteiger partial charge is 0.331 e. The van der Waals surface area contributed by atoms with E-state index in [1.807, 2.05) is 20.8 Å². The second-order valence-corrected chi connectivity index (χ2v) is 7.36. The van der Waals surface area contributed by atoms with Gasteiger partial charge in [0.1, 0.15) is 4.83 Å². The molecule has 0 aliphatic heterocycles. The number of carbonyl (C=O) groups is 1. The van der Waals surface area contributed by atoms with Crippen LogP contribution in [0.5, 0.6) is 0 Å². The Hall–Kier alpha value is -1.95. The Kier molecular flexibility index (Phi) is 4.10. The quantitative estimate of drug-likeness (QED) is 0.686. The van der Waals surface area contributed by atoms with Gasteiger partial charge in [-0.05, 0) is 52.0 Å². The second-order valence-electron chi connectivity index (χ2n) is 6.16. The van der Waals surface area contributed by atoms with Gasteiger partial charge in [-0.25, -0.2) is 9.78 Å². The molecule has 1 N–H and O–H groups in total. The minimum atomic E-state index is -0.592. The molecule has 2 heterocycles. The van der Waals surface area contributed by atoms with Gasteiger partial charge in [0.2, 0.25) is 0 Å². The monoisotopic (exact) mass is 332 g/mol. The van der Waals surface area contributed by atoms with E-state index in [2.05, 4.69) is 9.97 Å². The van der Waals surface area contributed by atoms with Gasteiger partial charge in [0.25, 0.3) is 5.56 Å². The van der Waals surface area contributed by atoms with Crippen LogP contribution in [0.3, 0.4) is 0 Å². The van der Waals surface area contributed by atoms with Crippen molar-refractivity contribution in [3.8, 4) is 0 Å². The van der Waals surface area contributed by atoms with Crippen molar-refractivity contribution in [3.05, 3.63) is 38.3 Å². The molecule has 6 heteroatoms. The van der Waals surface area contributed by atoms with E-state index in [0.29, 0.717) is 22.0 Å². The van der Waals surface area contributed by atoms with Gasteiger partial charge in [-0.1, -0.05) is 5.57 Å². The summed E-state index contributed by atoms with van der Waals surface area (Å²) in [5.41, 5.74) is 1.83. The van der Waals surface area contributed by atoms with Crippen LogP contribution in [0.2, 0.25) is 0 Å². The maximum Gasteiger partial charge on any atom is 0.331 e. The topological polar surface area (TPSA) is 72.0 Å². The standard InChI is InChI=1S/C17H20N2O3S/c1-8(12-5-6-12)7-13(20)22-10(3)15-18-16(21)14-9(2)11(4)23-17(14)19-15/h7,10,12H,5-6H2,1-4H3,(H,18,19,21)/b8-7+. The van der Waals surface area contributed by atoms with E-state index in [1.54, 1.807) is 13.0 Å². The Balaban J connectivity index is 1.83. The summed E-state index contributed by atoms with van der Waals surface area (Å²) >= 11 is 1.48. The minimum Gasteiger partial charge on any atom is -0.451 e. The van der Waals surface area contributed by atoms with Gasteiger partial charge in [-0.2, -0.15) is 0 Å². The highest BCUT2D eigenvalue weighted by Crippen LogP contribution is 2.36. The summed E-state index contributed by atoms with van der Waals surface area (Å²) in [6, 6.07) is 0. The van der Waals surface area contributed by atoms with Gasteiger partial charge in [-0.3, -0.25) is 4.79 Å². The zero-order chi connectivity index (χ0) is 16.7. The third kappa shape index (κ3) is 3.22. The lowest BCUT2D eigenvalue weighted by atomic mass is 10.2. The molecule has 1 aliphatic rings. The van der Waals surface area contributed by atoms with E-state index in [9.17, 15) is 9.59 Å². The van der Waals surface area contributed by atoms with Gasteiger partial charge in [0.05, 0.1) is 5.39 Å². The number of rotatable bonds is 4. The number of aromatic amines is 1. The van der Waals surface area contributed by atoms with Crippen LogP contribution in [-0.4, -0.2) is 15.9 Å². The van der Waals surface area contributed by atoms with Crippen LogP contribution in [0.1, 0.15) is 49.1 Å². The average molecular weight is 332 g/mol. The van der Waals surface area contributed by atoms with Crippen LogP contribution in [0, 0.1) is 19.8 Å². The summed E-state index contributed by atoms with van der Waals surface area (Å²) in [4.78, 5) is 33.2. The molecule has 1 fully saturated rings. The van der Waals surface area contributed by atoms with E-state index in [1.165, 1.54) is 11.3 Å². The van der Waals surface area contributed by atoms with Gasteiger partial charge < -0.3 is 9.72 Å². The maximum absolute atomic E-state index is 12.3. The first-order valence-corrected chi connectivity index (χ1v) is 8.57. The Morgan fingerprint density at radius 2 is 2.13 bits per heavy atom. The summed E-state index contributed by atoms with van der Waals surface area (Å²) < 4.78 is 5.38. The Morgan fingerprint density at radius 1 is 1.43 bits per heavy atom. The number of aromatic nitrogens is 2. The minimum absolute atomic E-state index is 0.181. The number of carbonyl (C=O) groups excluding carboxylic acids is 1. The predicted molar refractivity (Wildman–Crippen MR) is 90.7 cm³/mol. The highest BCUT2D eigenvalue weighted by atomic mass is 32.1. The number of nitrogens with one attached hydrogen (secondary N) is 1. The second kappa shape index (κ2) is 5.92. The Morgan fingerprint density at radius 3 is 2.78 bits per heavy atom. The molecule has 1 atom stereocenters. The van der Waals surface area contributed by atoms with E-state index in [4.69, 9.17) is 4.74 Å². The lowest BCUT2D eigenvalue weighted by molar-refractivity contribution is -0.142. The normalized spacial score (nSPS) is 16.6. The molecule has 0 spiro atoms. The molecule has 1 aliphatic carbocycles. The van der Waals surface area contributed by atoms with Crippen LogP contribution in [-0.2, 0) is 9.53 Å². The largest absolute Gasteiger partial charge is 0.451 e. The number of hydrogen-bond acceptors (Lipinski definition) is 5. The number of H-pyrrole nitrogens is 1. The number of aryl methyl sites for hydroxylation is 2. The number of nitrogens with zero attached hydrogens (tertiary/aromatic N) is 1. The SMILES string of the molecule is C/C(=C\C(=O)OC(C)c1nc2sc(C)c(C)c2c(=O)[nH]1)C1CC1. The van der Waals surface area contributed by atoms with Crippen molar-refractivity contribution in [2.45, 2.75) is 46.6 Å². The molecule has 1 saturated carbocycles. The Bertz CT molecular complexity index is 859. The number of allylic oxidation sites excluding steroid dienone is 1. The summed E-state index contributed by atoms with van der Waals surface area (Å²) in [6.45, 7) is 7.55. The summed E-state index contributed by atoms with van der Waals surface area (Å²) in [6.07, 6.45) is 3.25. The summed E-state index contributed by atoms with van der Waals surface area (Å²) in [5.74, 6) is 0.530. The van der Waals surface area contributed by atoms with Crippen molar-refractivity contribution in [1.82, 2.24) is 9.97 Å². The molecule has 23 heavy (non-hydrogen) atoms. The van der Waals surface area contributed by atoms with Gasteiger partial charge in [0, 0.05) is 11.0 Å². The highest BCUT2D eigenvalue weighted by molar-refractivity contribution is 7.18. The molecule has 5 nitrogen and oxygen atoms in total. The van der Waals surface area contributed by atoms with Crippen LogP contribution in [0.25, 0.3) is 10.2 Å². The van der Waals surface area contributed by atoms with Crippen molar-refractivity contribution in [2.75, 3.05) is 0 Å². The van der Waals surface area contributed by atoms with Crippen LogP contribution in [0.4, 0.5) is 0 Å². The summed E-state index contributed by atoms with van der Waals surface area (Å²) in [7, 11) is 0. The molecule has 0 aromatic carbocycles. The van der Waals surface area contributed by atoms with E-state index in [0.717, 1.165) is 28.9 Å². The molecule has 3 rings (SSSR count). The first-order valence-electron chi connectivity index (χ1n) is 7.75. The van der Waals surface area contributed by atoms with Crippen LogP contribution < -0.4 is 5.56 Å². The van der Waals surface area contributed by atoms with Crippen LogP contribution in [0.15, 0.2) is 16.4 Å². The highest BCUT2D eigenvalue weighted by Gasteiger charge is 2.24. The fraction of sp³-hybridized carbons (Fsp3) is 0.471. The molecule has 0 bridgehead atoms. The van der Waals surface area contributed by atoms with E-state index >= 15 is 0 Å². The van der Waals surface area contributed by atoms with Crippen molar-refractivity contribution < 1.29 is 9.53 Å². The van der Waals surface area contributed by atoms with Crippen molar-refractivity contribution in [3.63, 3.8) is 0 Å². The molecular formula is C17H20N2O3S. The molecule has 2 aromatic heterocycles. The van der Waals surface area contributed by atoms with Crippen molar-refractivity contribution in [2.24, 2.45) is 5.92 Å². The predicted octanol–water partition coefficient (Wildman–Crippen LogP) is 3.56. The molecule has 2 aromatic rings. The van der Waals surface area contributed by atoms with Gasteiger partial charge in [0.15, 0.2) is 11.9 Å². The third-order valence-electron chi connectivity index (χ3n) is 4.30. The molecular weight excluding hydrogens is 312 g/mol. The number of hydrogen-bond donors (Lipinski definition) is 1. The van der Waals surface area contributed by atoms with E-state index in [-0.39, 0.29) is 11.5 Å². The van der Waals surface area contributed by atoms with Crippen molar-refractivity contribution in [1.29, 1.82) is 0 Å². The van der Waals surface area contributed by atoms with Gasteiger partial charge >= 0.3 is 5.97 Å². The molecule has 0 saturated heterocycles. The molecule has 1 unspecified atom stereocenters.